The second kappa shape index (κ2) is 4.33. The van der Waals surface area contributed by atoms with Crippen molar-refractivity contribution in [1.82, 2.24) is 4.90 Å². The highest BCUT2D eigenvalue weighted by Gasteiger charge is 2.43. The minimum atomic E-state index is 0.423. The van der Waals surface area contributed by atoms with Gasteiger partial charge in [-0.15, -0.1) is 0 Å². The van der Waals surface area contributed by atoms with Crippen LogP contribution in [0.5, 0.6) is 0 Å². The van der Waals surface area contributed by atoms with Gasteiger partial charge in [0.05, 0.1) is 0 Å². The van der Waals surface area contributed by atoms with Crippen molar-refractivity contribution >= 4 is 0 Å². The molecule has 1 aliphatic rings. The Kier molecular flexibility index (Phi) is 3.79. The summed E-state index contributed by atoms with van der Waals surface area (Å²) in [6.45, 7) is 18.1. The van der Waals surface area contributed by atoms with Gasteiger partial charge in [-0.25, -0.2) is 0 Å². The quantitative estimate of drug-likeness (QED) is 0.601. The first-order valence-corrected chi connectivity index (χ1v) is 6.73. The fourth-order valence-corrected chi connectivity index (χ4v) is 3.16. The maximum atomic E-state index is 2.54. The van der Waals surface area contributed by atoms with E-state index in [1.54, 1.807) is 0 Å². The second-order valence-corrected chi connectivity index (χ2v) is 7.97. The molecule has 0 spiro atoms. The van der Waals surface area contributed by atoms with Crippen molar-refractivity contribution in [2.24, 2.45) is 22.7 Å². The predicted molar refractivity (Wildman–Crippen MR) is 72.6 cm³/mol. The van der Waals surface area contributed by atoms with Crippen LogP contribution in [-0.4, -0.2) is 24.5 Å². The lowest BCUT2D eigenvalue weighted by Crippen LogP contribution is -2.51. The van der Waals surface area contributed by atoms with Crippen LogP contribution < -0.4 is 0 Å². The van der Waals surface area contributed by atoms with Gasteiger partial charge in [0.1, 0.15) is 0 Å². The van der Waals surface area contributed by atoms with E-state index in [-0.39, 0.29) is 0 Å². The molecule has 0 amide bonds. The van der Waals surface area contributed by atoms with Gasteiger partial charge in [0.15, 0.2) is 0 Å². The zero-order valence-corrected chi connectivity index (χ0v) is 12.6. The first kappa shape index (κ1) is 14.0. The first-order valence-electron chi connectivity index (χ1n) is 6.73. The highest BCUT2D eigenvalue weighted by atomic mass is 15.1. The van der Waals surface area contributed by atoms with E-state index in [4.69, 9.17) is 0 Å². The Morgan fingerprint density at radius 2 is 1.31 bits per heavy atom. The van der Waals surface area contributed by atoms with Gasteiger partial charge >= 0.3 is 0 Å². The van der Waals surface area contributed by atoms with Crippen molar-refractivity contribution in [2.75, 3.05) is 13.6 Å². The number of piperidine rings is 1. The first-order chi connectivity index (χ1) is 7.03. The highest BCUT2D eigenvalue weighted by Crippen LogP contribution is 2.46. The van der Waals surface area contributed by atoms with Crippen molar-refractivity contribution in [1.29, 1.82) is 0 Å². The lowest BCUT2D eigenvalue weighted by molar-refractivity contribution is -0.0217. The molecule has 3 unspecified atom stereocenters. The van der Waals surface area contributed by atoms with Gasteiger partial charge in [-0.2, -0.15) is 0 Å². The molecule has 16 heavy (non-hydrogen) atoms. The van der Waals surface area contributed by atoms with E-state index in [0.29, 0.717) is 10.8 Å². The van der Waals surface area contributed by atoms with Crippen LogP contribution in [0.25, 0.3) is 0 Å². The molecule has 1 saturated heterocycles. The fourth-order valence-electron chi connectivity index (χ4n) is 3.16. The summed E-state index contributed by atoms with van der Waals surface area (Å²) in [6, 6.07) is 0.739. The summed E-state index contributed by atoms with van der Waals surface area (Å²) in [7, 11) is 2.28. The molecule has 1 aliphatic heterocycles. The van der Waals surface area contributed by atoms with Crippen molar-refractivity contribution in [3.05, 3.63) is 0 Å². The van der Waals surface area contributed by atoms with Gasteiger partial charge < -0.3 is 4.90 Å². The zero-order valence-electron chi connectivity index (χ0n) is 12.6. The topological polar surface area (TPSA) is 3.24 Å². The Morgan fingerprint density at radius 3 is 1.69 bits per heavy atom. The Balaban J connectivity index is 2.93. The van der Waals surface area contributed by atoms with Crippen molar-refractivity contribution in [3.8, 4) is 0 Å². The number of nitrogens with zero attached hydrogens (tertiary/aromatic N) is 1. The largest absolute Gasteiger partial charge is 0.303 e. The highest BCUT2D eigenvalue weighted by molar-refractivity contribution is 4.94. The average molecular weight is 225 g/mol. The van der Waals surface area contributed by atoms with Crippen LogP contribution in [-0.2, 0) is 0 Å². The van der Waals surface area contributed by atoms with E-state index in [0.717, 1.165) is 17.9 Å². The molecule has 1 heteroatoms. The molecule has 0 aromatic carbocycles. The van der Waals surface area contributed by atoms with Crippen LogP contribution in [0.3, 0.4) is 0 Å². The summed E-state index contributed by atoms with van der Waals surface area (Å²) in [6.07, 6.45) is 1.35. The molecule has 1 heterocycles. The summed E-state index contributed by atoms with van der Waals surface area (Å²) in [5.41, 5.74) is 0.861. The summed E-state index contributed by atoms with van der Waals surface area (Å²) < 4.78 is 0. The average Bonchev–Trinajstić information content (AvgIpc) is 2.05. The number of rotatable bonds is 0. The van der Waals surface area contributed by atoms with E-state index in [1.807, 2.05) is 0 Å². The third-order valence-electron chi connectivity index (χ3n) is 4.54. The Hall–Kier alpha value is -0.0400. The zero-order chi connectivity index (χ0) is 12.7. The molecule has 96 valence electrons. The normalized spacial score (nSPS) is 34.1. The van der Waals surface area contributed by atoms with Crippen molar-refractivity contribution < 1.29 is 0 Å². The Morgan fingerprint density at radius 1 is 0.875 bits per heavy atom. The molecular weight excluding hydrogens is 194 g/mol. The molecule has 0 saturated carbocycles. The van der Waals surface area contributed by atoms with Crippen molar-refractivity contribution in [3.63, 3.8) is 0 Å². The van der Waals surface area contributed by atoms with Gasteiger partial charge in [-0.3, -0.25) is 0 Å². The Labute approximate surface area is 103 Å². The molecule has 0 N–H and O–H groups in total. The lowest BCUT2D eigenvalue weighted by atomic mass is 9.60. The SMILES string of the molecule is CC1CC(C(C)(C)C)C(C(C)(C)C)CN1C. The standard InChI is InChI=1S/C15H31N/c1-11-9-12(14(2,3)4)13(10-16(11)8)15(5,6)7/h11-13H,9-10H2,1-8H3. The number of hydrogen-bond donors (Lipinski definition) is 0. The predicted octanol–water partition coefficient (Wildman–Crippen LogP) is 4.04. The van der Waals surface area contributed by atoms with Crippen LogP contribution in [0.4, 0.5) is 0 Å². The smallest absolute Gasteiger partial charge is 0.00669 e. The summed E-state index contributed by atoms with van der Waals surface area (Å²) in [5, 5.41) is 0. The monoisotopic (exact) mass is 225 g/mol. The van der Waals surface area contributed by atoms with Gasteiger partial charge in [0, 0.05) is 12.6 Å². The van der Waals surface area contributed by atoms with Crippen LogP contribution in [0, 0.1) is 22.7 Å². The van der Waals surface area contributed by atoms with Gasteiger partial charge in [0.2, 0.25) is 0 Å². The van der Waals surface area contributed by atoms with E-state index in [9.17, 15) is 0 Å². The molecule has 0 bridgehead atoms. The van der Waals surface area contributed by atoms with E-state index in [1.165, 1.54) is 13.0 Å². The van der Waals surface area contributed by atoms with E-state index in [2.05, 4.69) is 60.4 Å². The molecule has 1 rings (SSSR count). The molecule has 0 radical (unpaired) electrons. The lowest BCUT2D eigenvalue weighted by Gasteiger charge is -2.51. The van der Waals surface area contributed by atoms with Crippen LogP contribution in [0.15, 0.2) is 0 Å². The molecule has 0 aromatic heterocycles. The minimum Gasteiger partial charge on any atom is -0.303 e. The van der Waals surface area contributed by atoms with E-state index < -0.39 is 0 Å². The van der Waals surface area contributed by atoms with Crippen LogP contribution in [0.2, 0.25) is 0 Å². The molecule has 0 aliphatic carbocycles. The van der Waals surface area contributed by atoms with Gasteiger partial charge in [0.25, 0.3) is 0 Å². The molecule has 3 atom stereocenters. The molecule has 1 fully saturated rings. The van der Waals surface area contributed by atoms with E-state index >= 15 is 0 Å². The second-order valence-electron chi connectivity index (χ2n) is 7.97. The van der Waals surface area contributed by atoms with Crippen LogP contribution >= 0.6 is 0 Å². The third kappa shape index (κ3) is 3.00. The summed E-state index contributed by atoms with van der Waals surface area (Å²) in [5.74, 6) is 1.66. The van der Waals surface area contributed by atoms with Gasteiger partial charge in [-0.1, -0.05) is 41.5 Å². The van der Waals surface area contributed by atoms with Crippen molar-refractivity contribution in [2.45, 2.75) is 60.9 Å². The third-order valence-corrected chi connectivity index (χ3v) is 4.54. The minimum absolute atomic E-state index is 0.423. The molecule has 1 nitrogen and oxygen atoms in total. The van der Waals surface area contributed by atoms with Gasteiger partial charge in [-0.05, 0) is 43.1 Å². The summed E-state index contributed by atoms with van der Waals surface area (Å²) >= 11 is 0. The Bertz CT molecular complexity index is 205. The molecular formula is C15H31N. The fraction of sp³-hybridized carbons (Fsp3) is 1.00. The maximum Gasteiger partial charge on any atom is 0.00669 e. The number of likely N-dealkylation sites (tertiary alicyclic amines) is 1. The van der Waals surface area contributed by atoms with Crippen LogP contribution in [0.1, 0.15) is 54.9 Å². The molecule has 0 aromatic rings. The maximum absolute atomic E-state index is 2.54. The number of hydrogen-bond acceptors (Lipinski definition) is 1. The summed E-state index contributed by atoms with van der Waals surface area (Å²) in [4.78, 5) is 2.54.